The van der Waals surface area contributed by atoms with E-state index in [0.717, 1.165) is 29.8 Å². The van der Waals surface area contributed by atoms with Crippen LogP contribution >= 0.6 is 0 Å². The minimum absolute atomic E-state index is 0.170. The van der Waals surface area contributed by atoms with Gasteiger partial charge in [-0.15, -0.1) is 0 Å². The molecule has 10 heteroatoms. The van der Waals surface area contributed by atoms with Crippen molar-refractivity contribution in [2.45, 2.75) is 32.7 Å². The van der Waals surface area contributed by atoms with Gasteiger partial charge in [-0.05, 0) is 56.5 Å². The summed E-state index contributed by atoms with van der Waals surface area (Å²) in [6, 6.07) is 4.62. The third kappa shape index (κ3) is 6.38. The van der Waals surface area contributed by atoms with Crippen LogP contribution in [-0.4, -0.2) is 76.5 Å². The lowest BCUT2D eigenvalue weighted by Crippen LogP contribution is -2.19. The lowest BCUT2D eigenvalue weighted by atomic mass is 10.1. The summed E-state index contributed by atoms with van der Waals surface area (Å²) in [7, 11) is 3.16. The van der Waals surface area contributed by atoms with Crippen molar-refractivity contribution in [3.8, 4) is 12.0 Å². The van der Waals surface area contributed by atoms with E-state index in [1.165, 1.54) is 25.9 Å². The Bertz CT molecular complexity index is 1200. The summed E-state index contributed by atoms with van der Waals surface area (Å²) in [6.45, 7) is 6.89. The third-order valence-electron chi connectivity index (χ3n) is 6.13. The molecule has 0 spiro atoms. The Morgan fingerprint density at radius 1 is 1.11 bits per heavy atom. The molecule has 0 amide bonds. The van der Waals surface area contributed by atoms with Gasteiger partial charge in [0, 0.05) is 19.9 Å². The first-order chi connectivity index (χ1) is 17.6. The molecule has 0 radical (unpaired) electrons. The van der Waals surface area contributed by atoms with E-state index in [-0.39, 0.29) is 11.8 Å². The number of pyridine rings is 1. The smallest absolute Gasteiger partial charge is 0.320 e. The fourth-order valence-corrected chi connectivity index (χ4v) is 4.15. The summed E-state index contributed by atoms with van der Waals surface area (Å²) >= 11 is 0. The van der Waals surface area contributed by atoms with Crippen molar-refractivity contribution in [2.24, 2.45) is 0 Å². The van der Waals surface area contributed by atoms with Crippen LogP contribution in [0, 0.1) is 0 Å². The van der Waals surface area contributed by atoms with Gasteiger partial charge in [-0.2, -0.15) is 15.0 Å². The Labute approximate surface area is 211 Å². The highest BCUT2D eigenvalue weighted by atomic mass is 16.5. The Morgan fingerprint density at radius 2 is 1.94 bits per heavy atom. The van der Waals surface area contributed by atoms with Gasteiger partial charge in [0.1, 0.15) is 6.61 Å². The van der Waals surface area contributed by atoms with Crippen molar-refractivity contribution in [2.75, 3.05) is 52.8 Å². The maximum Gasteiger partial charge on any atom is 0.320 e. The molecule has 3 aromatic rings. The van der Waals surface area contributed by atoms with Crippen molar-refractivity contribution in [1.29, 1.82) is 0 Å². The highest BCUT2D eigenvalue weighted by Crippen LogP contribution is 2.26. The summed E-state index contributed by atoms with van der Waals surface area (Å²) in [6.07, 6.45) is 12.1. The van der Waals surface area contributed by atoms with Gasteiger partial charge >= 0.3 is 6.01 Å². The quantitative estimate of drug-likeness (QED) is 0.300. The number of nitrogen functional groups attached to an aromatic ring is 1. The maximum absolute atomic E-state index is 6.11. The van der Waals surface area contributed by atoms with Crippen molar-refractivity contribution in [3.63, 3.8) is 0 Å². The van der Waals surface area contributed by atoms with Crippen molar-refractivity contribution >= 4 is 22.6 Å². The van der Waals surface area contributed by atoms with Gasteiger partial charge in [-0.3, -0.25) is 9.55 Å². The summed E-state index contributed by atoms with van der Waals surface area (Å²) in [5.74, 6) is 0.229. The molecule has 4 rings (SSSR count). The third-order valence-corrected chi connectivity index (χ3v) is 6.13. The molecule has 4 heterocycles. The van der Waals surface area contributed by atoms with E-state index >= 15 is 0 Å². The van der Waals surface area contributed by atoms with Gasteiger partial charge in [0.25, 0.3) is 6.01 Å². The molecule has 1 fully saturated rings. The molecular formula is C26H35N7O3. The number of allylic oxidation sites excluding steroid dienone is 3. The Morgan fingerprint density at radius 3 is 2.67 bits per heavy atom. The number of imidazole rings is 1. The van der Waals surface area contributed by atoms with Crippen LogP contribution in [0.2, 0.25) is 0 Å². The molecule has 3 aromatic heterocycles. The second-order valence-corrected chi connectivity index (χ2v) is 8.76. The monoisotopic (exact) mass is 493 g/mol. The molecule has 10 nitrogen and oxygen atoms in total. The predicted octanol–water partition coefficient (Wildman–Crippen LogP) is 3.33. The first kappa shape index (κ1) is 25.6. The van der Waals surface area contributed by atoms with E-state index in [9.17, 15) is 0 Å². The molecule has 0 bridgehead atoms. The van der Waals surface area contributed by atoms with Crippen LogP contribution in [0.1, 0.15) is 37.4 Å². The number of ether oxygens (including phenoxy) is 3. The summed E-state index contributed by atoms with van der Waals surface area (Å²) in [4.78, 5) is 20.3. The predicted molar refractivity (Wildman–Crippen MR) is 140 cm³/mol. The van der Waals surface area contributed by atoms with Crippen LogP contribution in [0.3, 0.4) is 0 Å². The number of methoxy groups -OCH3 is 2. The zero-order valence-corrected chi connectivity index (χ0v) is 21.3. The van der Waals surface area contributed by atoms with Crippen LogP contribution in [-0.2, 0) is 11.3 Å². The van der Waals surface area contributed by atoms with Crippen molar-refractivity contribution < 1.29 is 14.2 Å². The Hall–Kier alpha value is -3.50. The second kappa shape index (κ2) is 12.5. The Kier molecular flexibility index (Phi) is 8.85. The van der Waals surface area contributed by atoms with Crippen molar-refractivity contribution in [1.82, 2.24) is 29.4 Å². The molecule has 1 saturated heterocycles. The number of rotatable bonds is 12. The molecule has 0 aromatic carbocycles. The average Bonchev–Trinajstić information content (AvgIpc) is 3.53. The van der Waals surface area contributed by atoms with Gasteiger partial charge in [0.2, 0.25) is 0 Å². The van der Waals surface area contributed by atoms with Gasteiger partial charge < -0.3 is 24.8 Å². The fourth-order valence-electron chi connectivity index (χ4n) is 4.15. The normalized spacial score (nSPS) is 14.8. The molecule has 192 valence electrons. The van der Waals surface area contributed by atoms with Gasteiger partial charge in [0.05, 0.1) is 26.0 Å². The lowest BCUT2D eigenvalue weighted by Gasteiger charge is -2.11. The number of fused-ring (bicyclic) bond motifs is 1. The maximum atomic E-state index is 6.11. The SMILES string of the molecule is COCCOc1nc(N)c2nc(OC)n(Cc3ccc(C(C)=CC=CCCN4CCCC4)nc3)c2n1. The van der Waals surface area contributed by atoms with Crippen molar-refractivity contribution in [3.05, 3.63) is 47.8 Å². The number of likely N-dealkylation sites (tertiary alicyclic amines) is 1. The Balaban J connectivity index is 1.45. The van der Waals surface area contributed by atoms with E-state index in [4.69, 9.17) is 19.9 Å². The summed E-state index contributed by atoms with van der Waals surface area (Å²) < 4.78 is 17.9. The molecular weight excluding hydrogens is 458 g/mol. The number of hydrogen-bond donors (Lipinski definition) is 1. The van der Waals surface area contributed by atoms with Crippen LogP contribution in [0.15, 0.2) is 36.6 Å². The molecule has 1 aliphatic rings. The first-order valence-corrected chi connectivity index (χ1v) is 12.3. The number of nitrogens with two attached hydrogens (primary N) is 1. The largest absolute Gasteiger partial charge is 0.468 e. The summed E-state index contributed by atoms with van der Waals surface area (Å²) in [5, 5.41) is 0. The fraction of sp³-hybridized carbons (Fsp3) is 0.462. The standard InChI is InChI=1S/C26H35N7O3/c1-19(9-5-4-6-12-32-13-7-8-14-32)21-11-10-20(17-28-21)18-33-24-22(29-26(33)35-3)23(27)30-25(31-24)36-16-15-34-2/h4-5,9-11,17H,6-8,12-16,18H2,1-3H3,(H2,27,30,31). The lowest BCUT2D eigenvalue weighted by molar-refractivity contribution is 0.141. The molecule has 0 aliphatic carbocycles. The second-order valence-electron chi connectivity index (χ2n) is 8.76. The van der Waals surface area contributed by atoms with E-state index in [2.05, 4.69) is 50.0 Å². The molecule has 0 saturated carbocycles. The highest BCUT2D eigenvalue weighted by molar-refractivity contribution is 5.83. The zero-order valence-electron chi connectivity index (χ0n) is 21.3. The molecule has 0 unspecified atom stereocenters. The molecule has 36 heavy (non-hydrogen) atoms. The number of aromatic nitrogens is 5. The topological polar surface area (TPSA) is 113 Å². The zero-order chi connectivity index (χ0) is 25.3. The average molecular weight is 494 g/mol. The van der Waals surface area contributed by atoms with E-state index in [1.807, 2.05) is 22.9 Å². The minimum atomic E-state index is 0.170. The van der Waals surface area contributed by atoms with Crippen LogP contribution in [0.25, 0.3) is 16.7 Å². The van der Waals surface area contributed by atoms with Gasteiger partial charge in [-0.25, -0.2) is 0 Å². The number of hydrogen-bond acceptors (Lipinski definition) is 9. The number of anilines is 1. The van der Waals surface area contributed by atoms with Gasteiger partial charge in [0.15, 0.2) is 17.0 Å². The molecule has 2 N–H and O–H groups in total. The highest BCUT2D eigenvalue weighted by Gasteiger charge is 2.18. The van der Waals surface area contributed by atoms with E-state index in [1.54, 1.807) is 14.2 Å². The van der Waals surface area contributed by atoms with Gasteiger partial charge in [-0.1, -0.05) is 24.3 Å². The summed E-state index contributed by atoms with van der Waals surface area (Å²) in [5.41, 5.74) is 10.1. The van der Waals surface area contributed by atoms with E-state index < -0.39 is 0 Å². The van der Waals surface area contributed by atoms with Crippen LogP contribution < -0.4 is 15.2 Å². The number of nitrogens with zero attached hydrogens (tertiary/aromatic N) is 6. The van der Waals surface area contributed by atoms with Crippen LogP contribution in [0.5, 0.6) is 12.0 Å². The molecule has 1 aliphatic heterocycles. The molecule has 0 atom stereocenters. The van der Waals surface area contributed by atoms with Crippen LogP contribution in [0.4, 0.5) is 5.82 Å². The minimum Gasteiger partial charge on any atom is -0.468 e. The van der Waals surface area contributed by atoms with E-state index in [0.29, 0.717) is 36.9 Å². The first-order valence-electron chi connectivity index (χ1n) is 12.3.